The van der Waals surface area contributed by atoms with E-state index in [-0.39, 0.29) is 5.91 Å². The molecule has 0 unspecified atom stereocenters. The predicted octanol–water partition coefficient (Wildman–Crippen LogP) is 2.04. The summed E-state index contributed by atoms with van der Waals surface area (Å²) in [5, 5.41) is 0. The number of H-pyrrole nitrogens is 1. The molecule has 3 nitrogen and oxygen atoms in total. The van der Waals surface area contributed by atoms with Crippen LogP contribution in [0.2, 0.25) is 0 Å². The van der Waals surface area contributed by atoms with Gasteiger partial charge < -0.3 is 9.88 Å². The molecule has 0 spiro atoms. The van der Waals surface area contributed by atoms with Gasteiger partial charge >= 0.3 is 0 Å². The Morgan fingerprint density at radius 2 is 1.93 bits per heavy atom. The topological polar surface area (TPSA) is 36.1 Å². The van der Waals surface area contributed by atoms with Gasteiger partial charge in [0.05, 0.1) is 6.42 Å². The van der Waals surface area contributed by atoms with Crippen molar-refractivity contribution in [3.05, 3.63) is 23.0 Å². The van der Waals surface area contributed by atoms with E-state index in [0.717, 1.165) is 24.5 Å². The van der Waals surface area contributed by atoms with Crippen molar-refractivity contribution < 1.29 is 4.79 Å². The van der Waals surface area contributed by atoms with Gasteiger partial charge in [0.1, 0.15) is 0 Å². The normalized spacial score (nSPS) is 10.4. The average Bonchev–Trinajstić information content (AvgIpc) is 2.47. The first kappa shape index (κ1) is 11.8. The highest BCUT2D eigenvalue weighted by Crippen LogP contribution is 2.09. The molecule has 3 heteroatoms. The van der Waals surface area contributed by atoms with Crippen LogP contribution in [0.3, 0.4) is 0 Å². The Bertz CT molecular complexity index is 318. The fraction of sp³-hybridized carbons (Fsp3) is 0.583. The number of rotatable bonds is 4. The summed E-state index contributed by atoms with van der Waals surface area (Å²) in [6, 6.07) is 2.05. The summed E-state index contributed by atoms with van der Waals surface area (Å²) in [4.78, 5) is 16.9. The Hall–Kier alpha value is -1.25. The second-order valence-electron chi connectivity index (χ2n) is 3.85. The van der Waals surface area contributed by atoms with Crippen LogP contribution in [-0.2, 0) is 11.2 Å². The maximum atomic E-state index is 11.8. The fourth-order valence-electron chi connectivity index (χ4n) is 1.69. The molecule has 1 amide bonds. The smallest absolute Gasteiger partial charge is 0.228 e. The standard InChI is InChI=1S/C12H20N2O/c1-5-14(6-2)12(15)8-11-7-9(3)10(4)13-11/h7,13H,5-6,8H2,1-4H3. The summed E-state index contributed by atoms with van der Waals surface area (Å²) in [7, 11) is 0. The zero-order chi connectivity index (χ0) is 11.4. The number of aromatic nitrogens is 1. The molecule has 0 aromatic carbocycles. The highest BCUT2D eigenvalue weighted by Gasteiger charge is 2.11. The highest BCUT2D eigenvalue weighted by atomic mass is 16.2. The minimum atomic E-state index is 0.196. The maximum Gasteiger partial charge on any atom is 0.228 e. The summed E-state index contributed by atoms with van der Waals surface area (Å²) in [6.45, 7) is 9.67. The fourth-order valence-corrected chi connectivity index (χ4v) is 1.69. The summed E-state index contributed by atoms with van der Waals surface area (Å²) in [5.74, 6) is 0.196. The number of hydrogen-bond donors (Lipinski definition) is 1. The minimum absolute atomic E-state index is 0.196. The molecule has 1 aromatic rings. The van der Waals surface area contributed by atoms with Crippen LogP contribution in [0, 0.1) is 13.8 Å². The van der Waals surface area contributed by atoms with Gasteiger partial charge in [0, 0.05) is 24.5 Å². The Morgan fingerprint density at radius 1 is 1.33 bits per heavy atom. The lowest BCUT2D eigenvalue weighted by Gasteiger charge is -2.17. The largest absolute Gasteiger partial charge is 0.362 e. The van der Waals surface area contributed by atoms with Crippen molar-refractivity contribution in [1.82, 2.24) is 9.88 Å². The molecular formula is C12H20N2O. The van der Waals surface area contributed by atoms with Crippen molar-refractivity contribution in [3.8, 4) is 0 Å². The van der Waals surface area contributed by atoms with E-state index >= 15 is 0 Å². The Labute approximate surface area is 91.5 Å². The zero-order valence-electron chi connectivity index (χ0n) is 10.1. The van der Waals surface area contributed by atoms with Crippen LogP contribution in [0.25, 0.3) is 0 Å². The molecule has 1 aromatic heterocycles. The summed E-state index contributed by atoms with van der Waals surface area (Å²) < 4.78 is 0. The van der Waals surface area contributed by atoms with Gasteiger partial charge in [-0.3, -0.25) is 4.79 Å². The van der Waals surface area contributed by atoms with E-state index in [1.54, 1.807) is 0 Å². The van der Waals surface area contributed by atoms with Crippen molar-refractivity contribution in [2.45, 2.75) is 34.1 Å². The van der Waals surface area contributed by atoms with E-state index in [9.17, 15) is 4.79 Å². The van der Waals surface area contributed by atoms with Crippen molar-refractivity contribution in [2.75, 3.05) is 13.1 Å². The van der Waals surface area contributed by atoms with Crippen LogP contribution < -0.4 is 0 Å². The van der Waals surface area contributed by atoms with E-state index in [1.165, 1.54) is 5.56 Å². The van der Waals surface area contributed by atoms with Gasteiger partial charge in [-0.2, -0.15) is 0 Å². The summed E-state index contributed by atoms with van der Waals surface area (Å²) >= 11 is 0. The number of aryl methyl sites for hydroxylation is 2. The summed E-state index contributed by atoms with van der Waals surface area (Å²) in [6.07, 6.45) is 0.482. The van der Waals surface area contributed by atoms with Crippen molar-refractivity contribution in [1.29, 1.82) is 0 Å². The third-order valence-corrected chi connectivity index (χ3v) is 2.79. The lowest BCUT2D eigenvalue weighted by molar-refractivity contribution is -0.130. The third-order valence-electron chi connectivity index (χ3n) is 2.79. The maximum absolute atomic E-state index is 11.8. The number of aromatic amines is 1. The van der Waals surface area contributed by atoms with Crippen LogP contribution in [0.1, 0.15) is 30.8 Å². The zero-order valence-corrected chi connectivity index (χ0v) is 10.1. The number of likely N-dealkylation sites (N-methyl/N-ethyl adjacent to an activating group) is 1. The number of hydrogen-bond acceptors (Lipinski definition) is 1. The molecule has 15 heavy (non-hydrogen) atoms. The third kappa shape index (κ3) is 2.85. The Kier molecular flexibility index (Phi) is 3.95. The second-order valence-corrected chi connectivity index (χ2v) is 3.85. The van der Waals surface area contributed by atoms with Crippen LogP contribution in [0.5, 0.6) is 0 Å². The van der Waals surface area contributed by atoms with Crippen LogP contribution in [0.15, 0.2) is 6.07 Å². The summed E-state index contributed by atoms with van der Waals surface area (Å²) in [5.41, 5.74) is 3.39. The highest BCUT2D eigenvalue weighted by molar-refractivity contribution is 5.78. The first-order valence-corrected chi connectivity index (χ1v) is 5.51. The van der Waals surface area contributed by atoms with Crippen molar-refractivity contribution in [3.63, 3.8) is 0 Å². The molecule has 0 saturated heterocycles. The monoisotopic (exact) mass is 208 g/mol. The Morgan fingerprint density at radius 3 is 2.33 bits per heavy atom. The molecule has 1 heterocycles. The van der Waals surface area contributed by atoms with Crippen molar-refractivity contribution in [2.24, 2.45) is 0 Å². The van der Waals surface area contributed by atoms with E-state index in [2.05, 4.69) is 18.0 Å². The molecule has 0 bridgehead atoms. The Balaban J connectivity index is 2.65. The number of carbonyl (C=O) groups excluding carboxylic acids is 1. The molecule has 0 aliphatic heterocycles. The van der Waals surface area contributed by atoms with Gasteiger partial charge in [0.15, 0.2) is 0 Å². The van der Waals surface area contributed by atoms with E-state index in [4.69, 9.17) is 0 Å². The molecule has 0 aliphatic rings. The number of carbonyl (C=O) groups is 1. The number of nitrogens with one attached hydrogen (secondary N) is 1. The predicted molar refractivity (Wildman–Crippen MR) is 61.9 cm³/mol. The molecule has 0 saturated carbocycles. The number of nitrogens with zero attached hydrogens (tertiary/aromatic N) is 1. The van der Waals surface area contributed by atoms with Crippen LogP contribution in [-0.4, -0.2) is 28.9 Å². The average molecular weight is 208 g/mol. The molecule has 1 N–H and O–H groups in total. The van der Waals surface area contributed by atoms with Crippen molar-refractivity contribution >= 4 is 5.91 Å². The lowest BCUT2D eigenvalue weighted by Crippen LogP contribution is -2.31. The van der Waals surface area contributed by atoms with Gasteiger partial charge in [-0.1, -0.05) is 0 Å². The van der Waals surface area contributed by atoms with E-state index in [1.807, 2.05) is 25.7 Å². The lowest BCUT2D eigenvalue weighted by atomic mass is 10.2. The second kappa shape index (κ2) is 5.01. The van der Waals surface area contributed by atoms with Gasteiger partial charge in [-0.15, -0.1) is 0 Å². The van der Waals surface area contributed by atoms with Gasteiger partial charge in [-0.05, 0) is 39.3 Å². The molecule has 84 valence electrons. The minimum Gasteiger partial charge on any atom is -0.362 e. The number of amides is 1. The van der Waals surface area contributed by atoms with E-state index in [0.29, 0.717) is 6.42 Å². The van der Waals surface area contributed by atoms with Gasteiger partial charge in [0.2, 0.25) is 5.91 Å². The molecular weight excluding hydrogens is 188 g/mol. The van der Waals surface area contributed by atoms with E-state index < -0.39 is 0 Å². The molecule has 1 rings (SSSR count). The molecule has 0 atom stereocenters. The molecule has 0 radical (unpaired) electrons. The van der Waals surface area contributed by atoms with Crippen LogP contribution in [0.4, 0.5) is 0 Å². The SMILES string of the molecule is CCN(CC)C(=O)Cc1cc(C)c(C)[nH]1. The van der Waals surface area contributed by atoms with Gasteiger partial charge in [0.25, 0.3) is 0 Å². The van der Waals surface area contributed by atoms with Crippen LogP contribution >= 0.6 is 0 Å². The molecule has 0 aliphatic carbocycles. The first-order chi connectivity index (χ1) is 7.08. The first-order valence-electron chi connectivity index (χ1n) is 5.51. The molecule has 0 fully saturated rings. The quantitative estimate of drug-likeness (QED) is 0.807. The van der Waals surface area contributed by atoms with Gasteiger partial charge in [-0.25, -0.2) is 0 Å².